The van der Waals surface area contributed by atoms with Crippen molar-refractivity contribution in [2.75, 3.05) is 7.11 Å². The van der Waals surface area contributed by atoms with E-state index in [1.54, 1.807) is 24.3 Å². The normalized spacial score (nSPS) is 12.2. The highest BCUT2D eigenvalue weighted by Gasteiger charge is 2.15. The summed E-state index contributed by atoms with van der Waals surface area (Å²) < 4.78 is 31.5. The van der Waals surface area contributed by atoms with E-state index in [1.807, 2.05) is 0 Å². The number of rotatable bonds is 3. The number of para-hydroxylation sites is 1. The first kappa shape index (κ1) is 12.5. The van der Waals surface area contributed by atoms with Crippen molar-refractivity contribution in [3.8, 4) is 5.75 Å². The van der Waals surface area contributed by atoms with Crippen LogP contribution in [-0.2, 0) is 0 Å². The molecule has 0 fully saturated rings. The molecule has 0 radical (unpaired) electrons. The molecule has 0 heterocycles. The molecule has 0 aliphatic rings. The molecule has 2 N–H and O–H groups in total. The molecule has 94 valence electrons. The van der Waals surface area contributed by atoms with Crippen molar-refractivity contribution in [1.82, 2.24) is 0 Å². The Bertz CT molecular complexity index is 537. The molecule has 2 aromatic rings. The minimum absolute atomic E-state index is 0.372. The number of nitrogens with two attached hydrogens (primary N) is 1. The van der Waals surface area contributed by atoms with Gasteiger partial charge in [-0.2, -0.15) is 0 Å². The first-order chi connectivity index (χ1) is 8.61. The molecule has 0 bridgehead atoms. The van der Waals surface area contributed by atoms with Gasteiger partial charge in [-0.05, 0) is 23.8 Å². The van der Waals surface area contributed by atoms with Crippen LogP contribution in [-0.4, -0.2) is 7.11 Å². The second-order valence-electron chi connectivity index (χ2n) is 3.92. The number of benzene rings is 2. The van der Waals surface area contributed by atoms with E-state index < -0.39 is 17.7 Å². The van der Waals surface area contributed by atoms with Crippen molar-refractivity contribution in [2.45, 2.75) is 6.04 Å². The third-order valence-corrected chi connectivity index (χ3v) is 2.72. The lowest BCUT2D eigenvalue weighted by Gasteiger charge is -2.16. The maximum absolute atomic E-state index is 13.2. The Kier molecular flexibility index (Phi) is 3.58. The molecular weight excluding hydrogens is 236 g/mol. The molecule has 0 spiro atoms. The van der Waals surface area contributed by atoms with Crippen molar-refractivity contribution in [3.63, 3.8) is 0 Å². The summed E-state index contributed by atoms with van der Waals surface area (Å²) in [6.45, 7) is 0. The van der Waals surface area contributed by atoms with Crippen molar-refractivity contribution in [1.29, 1.82) is 0 Å². The number of halogens is 2. The van der Waals surface area contributed by atoms with Crippen LogP contribution in [0.25, 0.3) is 0 Å². The van der Waals surface area contributed by atoms with Crippen molar-refractivity contribution < 1.29 is 13.5 Å². The average Bonchev–Trinajstić information content (AvgIpc) is 2.36. The lowest BCUT2D eigenvalue weighted by atomic mass is 9.98. The number of methoxy groups -OCH3 is 1. The first-order valence-corrected chi connectivity index (χ1v) is 5.46. The number of hydrogen-bond donors (Lipinski definition) is 1. The van der Waals surface area contributed by atoms with Crippen LogP contribution in [0.2, 0.25) is 0 Å². The van der Waals surface area contributed by atoms with Crippen LogP contribution >= 0.6 is 0 Å². The van der Waals surface area contributed by atoms with Crippen LogP contribution in [0.3, 0.4) is 0 Å². The molecule has 18 heavy (non-hydrogen) atoms. The summed E-state index contributed by atoms with van der Waals surface area (Å²) in [4.78, 5) is 0. The number of ether oxygens (including phenoxy) is 1. The van der Waals surface area contributed by atoms with E-state index in [1.165, 1.54) is 19.2 Å². The summed E-state index contributed by atoms with van der Waals surface area (Å²) >= 11 is 0. The zero-order valence-electron chi connectivity index (χ0n) is 9.86. The van der Waals surface area contributed by atoms with Crippen LogP contribution in [0.15, 0.2) is 42.5 Å². The van der Waals surface area contributed by atoms with Crippen molar-refractivity contribution >= 4 is 0 Å². The van der Waals surface area contributed by atoms with Gasteiger partial charge in [-0.15, -0.1) is 0 Å². The summed E-state index contributed by atoms with van der Waals surface area (Å²) in [7, 11) is 1.53. The lowest BCUT2D eigenvalue weighted by Crippen LogP contribution is -2.13. The van der Waals surface area contributed by atoms with Crippen LogP contribution in [0.1, 0.15) is 17.2 Å². The van der Waals surface area contributed by atoms with Crippen molar-refractivity contribution in [2.24, 2.45) is 5.73 Å². The average molecular weight is 249 g/mol. The molecule has 2 rings (SSSR count). The van der Waals surface area contributed by atoms with E-state index in [-0.39, 0.29) is 0 Å². The fraction of sp³-hybridized carbons (Fsp3) is 0.143. The monoisotopic (exact) mass is 249 g/mol. The van der Waals surface area contributed by atoms with Gasteiger partial charge in [0, 0.05) is 11.6 Å². The van der Waals surface area contributed by atoms with Gasteiger partial charge in [0.25, 0.3) is 0 Å². The van der Waals surface area contributed by atoms with Gasteiger partial charge in [-0.1, -0.05) is 18.2 Å². The highest BCUT2D eigenvalue weighted by Crippen LogP contribution is 2.28. The summed E-state index contributed by atoms with van der Waals surface area (Å²) in [5.41, 5.74) is 7.07. The molecule has 0 aliphatic carbocycles. The Morgan fingerprint density at radius 2 is 1.67 bits per heavy atom. The van der Waals surface area contributed by atoms with Gasteiger partial charge in [0.15, 0.2) is 0 Å². The van der Waals surface area contributed by atoms with E-state index in [2.05, 4.69) is 0 Å². The maximum atomic E-state index is 13.2. The van der Waals surface area contributed by atoms with Gasteiger partial charge in [0.05, 0.1) is 13.2 Å². The van der Waals surface area contributed by atoms with Crippen LogP contribution in [0.5, 0.6) is 5.75 Å². The molecule has 0 saturated carbocycles. The highest BCUT2D eigenvalue weighted by atomic mass is 19.1. The molecule has 1 unspecified atom stereocenters. The minimum atomic E-state index is -0.643. The second kappa shape index (κ2) is 5.14. The predicted octanol–water partition coefficient (Wildman–Crippen LogP) is 3.02. The third kappa shape index (κ3) is 2.49. The van der Waals surface area contributed by atoms with Gasteiger partial charge in [0.2, 0.25) is 0 Å². The smallest absolute Gasteiger partial charge is 0.126 e. The Balaban J connectivity index is 2.44. The summed E-state index contributed by atoms with van der Waals surface area (Å²) in [5.74, 6) is -0.694. The molecule has 2 aromatic carbocycles. The largest absolute Gasteiger partial charge is 0.496 e. The Labute approximate surface area is 104 Å². The Hall–Kier alpha value is -1.94. The standard InChI is InChI=1S/C14H13F2NO/c1-18-13-5-3-2-4-12(13)14(17)9-6-10(15)8-11(16)7-9/h2-8,14H,17H2,1H3. The molecule has 0 saturated heterocycles. The lowest BCUT2D eigenvalue weighted by molar-refractivity contribution is 0.407. The zero-order valence-corrected chi connectivity index (χ0v) is 9.86. The zero-order chi connectivity index (χ0) is 13.1. The first-order valence-electron chi connectivity index (χ1n) is 5.46. The summed E-state index contributed by atoms with van der Waals surface area (Å²) in [5, 5.41) is 0. The Morgan fingerprint density at radius 1 is 1.06 bits per heavy atom. The molecular formula is C14H13F2NO. The van der Waals surface area contributed by atoms with Gasteiger partial charge in [0.1, 0.15) is 17.4 Å². The van der Waals surface area contributed by atoms with Gasteiger partial charge < -0.3 is 10.5 Å². The quantitative estimate of drug-likeness (QED) is 0.907. The van der Waals surface area contributed by atoms with Crippen LogP contribution in [0.4, 0.5) is 8.78 Å². The van der Waals surface area contributed by atoms with E-state index in [0.717, 1.165) is 6.07 Å². The van der Waals surface area contributed by atoms with Crippen LogP contribution in [0, 0.1) is 11.6 Å². The van der Waals surface area contributed by atoms with E-state index in [9.17, 15) is 8.78 Å². The topological polar surface area (TPSA) is 35.2 Å². The molecule has 0 aromatic heterocycles. The SMILES string of the molecule is COc1ccccc1C(N)c1cc(F)cc(F)c1. The molecule has 0 amide bonds. The molecule has 0 aliphatic heterocycles. The Morgan fingerprint density at radius 3 is 2.28 bits per heavy atom. The van der Waals surface area contributed by atoms with Crippen molar-refractivity contribution in [3.05, 3.63) is 65.2 Å². The van der Waals surface area contributed by atoms with E-state index in [0.29, 0.717) is 16.9 Å². The summed E-state index contributed by atoms with van der Waals surface area (Å²) in [6, 6.07) is 9.76. The predicted molar refractivity (Wildman–Crippen MR) is 65.4 cm³/mol. The highest BCUT2D eigenvalue weighted by molar-refractivity contribution is 5.41. The third-order valence-electron chi connectivity index (χ3n) is 2.72. The fourth-order valence-electron chi connectivity index (χ4n) is 1.86. The van der Waals surface area contributed by atoms with Gasteiger partial charge >= 0.3 is 0 Å². The maximum Gasteiger partial charge on any atom is 0.126 e. The van der Waals surface area contributed by atoms with Gasteiger partial charge in [-0.3, -0.25) is 0 Å². The summed E-state index contributed by atoms with van der Waals surface area (Å²) in [6.07, 6.45) is 0. The second-order valence-corrected chi connectivity index (χ2v) is 3.92. The number of hydrogen-bond acceptors (Lipinski definition) is 2. The van der Waals surface area contributed by atoms with Gasteiger partial charge in [-0.25, -0.2) is 8.78 Å². The minimum Gasteiger partial charge on any atom is -0.496 e. The van der Waals surface area contributed by atoms with E-state index >= 15 is 0 Å². The van der Waals surface area contributed by atoms with Crippen LogP contribution < -0.4 is 10.5 Å². The molecule has 1 atom stereocenters. The van der Waals surface area contributed by atoms with E-state index in [4.69, 9.17) is 10.5 Å². The fourth-order valence-corrected chi connectivity index (χ4v) is 1.86. The molecule has 4 heteroatoms. The molecule has 2 nitrogen and oxygen atoms in total.